The molecule has 3 rings (SSSR count). The first-order chi connectivity index (χ1) is 9.18. The number of para-hydroxylation sites is 1. The number of nitrogen functional groups attached to an aromatic ring is 1. The number of rotatable bonds is 1. The Morgan fingerprint density at radius 1 is 1.11 bits per heavy atom. The van der Waals surface area contributed by atoms with Gasteiger partial charge >= 0.3 is 0 Å². The van der Waals surface area contributed by atoms with Crippen molar-refractivity contribution in [3.8, 4) is 0 Å². The summed E-state index contributed by atoms with van der Waals surface area (Å²) in [5.41, 5.74) is 12.4. The molecule has 1 aliphatic rings. The fourth-order valence-electron chi connectivity index (χ4n) is 3.15. The van der Waals surface area contributed by atoms with Crippen LogP contribution in [0.2, 0.25) is 0 Å². The second-order valence-corrected chi connectivity index (χ2v) is 5.91. The number of hydrogen-bond donors (Lipinski definition) is 1. The highest BCUT2D eigenvalue weighted by atomic mass is 14.7. The third kappa shape index (κ3) is 2.09. The van der Waals surface area contributed by atoms with Crippen LogP contribution >= 0.6 is 0 Å². The number of aromatic nitrogens is 1. The Kier molecular flexibility index (Phi) is 3.17. The number of aryl methyl sites for hydroxylation is 1. The van der Waals surface area contributed by atoms with Gasteiger partial charge in [0, 0.05) is 16.8 Å². The van der Waals surface area contributed by atoms with Gasteiger partial charge in [0.2, 0.25) is 0 Å². The highest BCUT2D eigenvalue weighted by Crippen LogP contribution is 2.33. The Morgan fingerprint density at radius 3 is 2.68 bits per heavy atom. The third-order valence-corrected chi connectivity index (χ3v) is 4.24. The third-order valence-electron chi connectivity index (χ3n) is 4.24. The van der Waals surface area contributed by atoms with Crippen molar-refractivity contribution < 1.29 is 0 Å². The van der Waals surface area contributed by atoms with Crippen molar-refractivity contribution >= 4 is 16.6 Å². The highest BCUT2D eigenvalue weighted by molar-refractivity contribution is 5.94. The van der Waals surface area contributed by atoms with Crippen LogP contribution in [0.25, 0.3) is 10.9 Å². The minimum atomic E-state index is 0.486. The largest absolute Gasteiger partial charge is 0.398 e. The van der Waals surface area contributed by atoms with Gasteiger partial charge in [-0.05, 0) is 42.7 Å². The Bertz CT molecular complexity index is 614. The van der Waals surface area contributed by atoms with Crippen molar-refractivity contribution in [2.75, 3.05) is 5.73 Å². The Labute approximate surface area is 115 Å². The summed E-state index contributed by atoms with van der Waals surface area (Å²) >= 11 is 0. The van der Waals surface area contributed by atoms with E-state index in [4.69, 9.17) is 10.7 Å². The first-order valence-corrected chi connectivity index (χ1v) is 7.38. The molecule has 100 valence electrons. The van der Waals surface area contributed by atoms with E-state index >= 15 is 0 Å². The van der Waals surface area contributed by atoms with E-state index in [-0.39, 0.29) is 0 Å². The number of anilines is 1. The van der Waals surface area contributed by atoms with Crippen molar-refractivity contribution in [3.05, 3.63) is 35.0 Å². The summed E-state index contributed by atoms with van der Waals surface area (Å²) in [6, 6.07) is 6.41. The monoisotopic (exact) mass is 254 g/mol. The van der Waals surface area contributed by atoms with E-state index in [1.165, 1.54) is 36.1 Å². The Morgan fingerprint density at radius 2 is 1.89 bits per heavy atom. The molecule has 19 heavy (non-hydrogen) atoms. The summed E-state index contributed by atoms with van der Waals surface area (Å²) < 4.78 is 0. The van der Waals surface area contributed by atoms with Crippen LogP contribution in [0.1, 0.15) is 55.8 Å². The summed E-state index contributed by atoms with van der Waals surface area (Å²) in [5, 5.41) is 1.15. The molecule has 2 nitrogen and oxygen atoms in total. The molecule has 0 atom stereocenters. The van der Waals surface area contributed by atoms with Crippen LogP contribution in [0, 0.1) is 0 Å². The zero-order chi connectivity index (χ0) is 13.4. The number of nitrogens with two attached hydrogens (primary N) is 1. The molecule has 2 N–H and O–H groups in total. The van der Waals surface area contributed by atoms with Gasteiger partial charge in [0.15, 0.2) is 0 Å². The molecule has 0 spiro atoms. The molecule has 0 aliphatic heterocycles. The van der Waals surface area contributed by atoms with E-state index in [0.29, 0.717) is 5.92 Å². The van der Waals surface area contributed by atoms with Gasteiger partial charge in [0.1, 0.15) is 0 Å². The number of benzene rings is 1. The number of fused-ring (bicyclic) bond motifs is 2. The van der Waals surface area contributed by atoms with Crippen LogP contribution in [-0.4, -0.2) is 4.98 Å². The molecule has 1 aromatic carbocycles. The van der Waals surface area contributed by atoms with Gasteiger partial charge in [-0.2, -0.15) is 0 Å². The number of pyridine rings is 1. The predicted molar refractivity (Wildman–Crippen MR) is 81.5 cm³/mol. The minimum Gasteiger partial charge on any atom is -0.398 e. The SMILES string of the molecule is CC(C)c1cccc2c(N)c3c(nc12)CCCCC3. The first-order valence-electron chi connectivity index (χ1n) is 7.38. The lowest BCUT2D eigenvalue weighted by atomic mass is 9.96. The smallest absolute Gasteiger partial charge is 0.0760 e. The summed E-state index contributed by atoms with van der Waals surface area (Å²) in [6.07, 6.45) is 5.96. The summed E-state index contributed by atoms with van der Waals surface area (Å²) in [7, 11) is 0. The van der Waals surface area contributed by atoms with E-state index < -0.39 is 0 Å². The molecule has 2 aromatic rings. The molecule has 1 aromatic heterocycles. The van der Waals surface area contributed by atoms with Gasteiger partial charge in [0.05, 0.1) is 5.52 Å². The molecule has 2 heteroatoms. The quantitative estimate of drug-likeness (QED) is 0.774. The van der Waals surface area contributed by atoms with Crippen molar-refractivity contribution in [1.29, 1.82) is 0 Å². The van der Waals surface area contributed by atoms with Gasteiger partial charge in [0.25, 0.3) is 0 Å². The predicted octanol–water partition coefficient (Wildman–Crippen LogP) is 4.21. The van der Waals surface area contributed by atoms with Crippen LogP contribution < -0.4 is 5.73 Å². The number of hydrogen-bond acceptors (Lipinski definition) is 2. The molecule has 0 unspecified atom stereocenters. The van der Waals surface area contributed by atoms with E-state index in [0.717, 1.165) is 29.4 Å². The Hall–Kier alpha value is -1.57. The first kappa shape index (κ1) is 12.5. The molecule has 0 fully saturated rings. The molecule has 0 saturated carbocycles. The van der Waals surface area contributed by atoms with Gasteiger partial charge in [-0.1, -0.05) is 38.5 Å². The number of nitrogens with zero attached hydrogens (tertiary/aromatic N) is 1. The van der Waals surface area contributed by atoms with Gasteiger partial charge in [-0.25, -0.2) is 0 Å². The van der Waals surface area contributed by atoms with Crippen LogP contribution in [0.4, 0.5) is 5.69 Å². The lowest BCUT2D eigenvalue weighted by molar-refractivity contribution is 0.709. The Balaban J connectivity index is 2.31. The summed E-state index contributed by atoms with van der Waals surface area (Å²) in [5.74, 6) is 0.486. The van der Waals surface area contributed by atoms with Crippen LogP contribution in [0.3, 0.4) is 0 Å². The zero-order valence-corrected chi connectivity index (χ0v) is 11.9. The molecule has 0 saturated heterocycles. The second-order valence-electron chi connectivity index (χ2n) is 5.91. The highest BCUT2D eigenvalue weighted by Gasteiger charge is 2.17. The zero-order valence-electron chi connectivity index (χ0n) is 11.9. The topological polar surface area (TPSA) is 38.9 Å². The van der Waals surface area contributed by atoms with Gasteiger partial charge in [-0.15, -0.1) is 0 Å². The summed E-state index contributed by atoms with van der Waals surface area (Å²) in [6.45, 7) is 4.44. The van der Waals surface area contributed by atoms with E-state index in [9.17, 15) is 0 Å². The maximum absolute atomic E-state index is 6.44. The van der Waals surface area contributed by atoms with Crippen LogP contribution in [0.5, 0.6) is 0 Å². The maximum atomic E-state index is 6.44. The average Bonchev–Trinajstić information content (AvgIpc) is 2.63. The average molecular weight is 254 g/mol. The van der Waals surface area contributed by atoms with E-state index in [1.807, 2.05) is 0 Å². The fraction of sp³-hybridized carbons (Fsp3) is 0.471. The van der Waals surface area contributed by atoms with Gasteiger partial charge in [-0.3, -0.25) is 4.98 Å². The van der Waals surface area contributed by atoms with Crippen molar-refractivity contribution in [3.63, 3.8) is 0 Å². The van der Waals surface area contributed by atoms with Crippen molar-refractivity contribution in [1.82, 2.24) is 4.98 Å². The molecular weight excluding hydrogens is 232 g/mol. The maximum Gasteiger partial charge on any atom is 0.0760 e. The normalized spacial score (nSPS) is 15.5. The lowest BCUT2D eigenvalue weighted by Crippen LogP contribution is -2.05. The van der Waals surface area contributed by atoms with Gasteiger partial charge < -0.3 is 5.73 Å². The molecule has 0 amide bonds. The molecule has 1 heterocycles. The molecule has 0 bridgehead atoms. The van der Waals surface area contributed by atoms with Crippen LogP contribution in [-0.2, 0) is 12.8 Å². The minimum absolute atomic E-state index is 0.486. The van der Waals surface area contributed by atoms with E-state index in [1.54, 1.807) is 0 Å². The summed E-state index contributed by atoms with van der Waals surface area (Å²) in [4.78, 5) is 4.98. The second kappa shape index (κ2) is 4.84. The lowest BCUT2D eigenvalue weighted by Gasteiger charge is -2.15. The standard InChI is InChI=1S/C17H22N2/c1-11(2)12-8-6-9-14-16(18)13-7-4-3-5-10-15(13)19-17(12)14/h6,8-9,11H,3-5,7,10H2,1-2H3,(H2,18,19). The van der Waals surface area contributed by atoms with Crippen molar-refractivity contribution in [2.24, 2.45) is 0 Å². The molecular formula is C17H22N2. The molecule has 0 radical (unpaired) electrons. The fourth-order valence-corrected chi connectivity index (χ4v) is 3.15. The van der Waals surface area contributed by atoms with E-state index in [2.05, 4.69) is 32.0 Å². The van der Waals surface area contributed by atoms with Crippen molar-refractivity contribution in [2.45, 2.75) is 51.9 Å². The van der Waals surface area contributed by atoms with Crippen LogP contribution in [0.15, 0.2) is 18.2 Å². The molecule has 1 aliphatic carbocycles.